The van der Waals surface area contributed by atoms with Crippen LogP contribution in [0, 0.1) is 0 Å². The Balaban J connectivity index is 2.70. The van der Waals surface area contributed by atoms with Crippen molar-refractivity contribution in [3.8, 4) is 0 Å². The average Bonchev–Trinajstić information content (AvgIpc) is 2.44. The zero-order valence-electron chi connectivity index (χ0n) is 11.9. The first-order valence-corrected chi connectivity index (χ1v) is 6.80. The monoisotopic (exact) mass is 311 g/mol. The van der Waals surface area contributed by atoms with Crippen LogP contribution in [-0.4, -0.2) is 31.3 Å². The van der Waals surface area contributed by atoms with Crippen LogP contribution in [0.15, 0.2) is 24.3 Å². The van der Waals surface area contributed by atoms with Crippen molar-refractivity contribution >= 4 is 29.3 Å². The third kappa shape index (κ3) is 6.27. The smallest absolute Gasteiger partial charge is 0.239 e. The summed E-state index contributed by atoms with van der Waals surface area (Å²) in [5, 5.41) is 8.17. The second-order valence-corrected chi connectivity index (χ2v) is 4.90. The molecule has 1 rings (SSSR count). The summed E-state index contributed by atoms with van der Waals surface area (Å²) in [6, 6.07) is 6.40. The standard InChI is InChI=1S/C14H18ClN3O3/c1-9(19)18-12(10-3-5-11(15)6-4-10)7-13(20)17-8-14(21)16-2/h3-6,12H,7-8H2,1-2H3,(H,16,21)(H,17,20)(H,18,19). The lowest BCUT2D eigenvalue weighted by atomic mass is 10.0. The molecule has 0 aromatic heterocycles. The largest absolute Gasteiger partial charge is 0.358 e. The second-order valence-electron chi connectivity index (χ2n) is 4.46. The molecule has 3 amide bonds. The van der Waals surface area contributed by atoms with Crippen molar-refractivity contribution < 1.29 is 14.4 Å². The van der Waals surface area contributed by atoms with E-state index in [1.54, 1.807) is 24.3 Å². The maximum Gasteiger partial charge on any atom is 0.239 e. The minimum atomic E-state index is -0.468. The van der Waals surface area contributed by atoms with E-state index in [2.05, 4.69) is 16.0 Å². The highest BCUT2D eigenvalue weighted by atomic mass is 35.5. The van der Waals surface area contributed by atoms with Crippen LogP contribution in [0.4, 0.5) is 0 Å². The average molecular weight is 312 g/mol. The molecule has 1 aromatic rings. The van der Waals surface area contributed by atoms with Crippen LogP contribution in [0.1, 0.15) is 24.9 Å². The topological polar surface area (TPSA) is 87.3 Å². The minimum absolute atomic E-state index is 0.0399. The van der Waals surface area contributed by atoms with E-state index in [-0.39, 0.29) is 30.7 Å². The van der Waals surface area contributed by atoms with Gasteiger partial charge in [0, 0.05) is 19.0 Å². The second kappa shape index (κ2) is 8.26. The Morgan fingerprint density at radius 3 is 2.29 bits per heavy atom. The summed E-state index contributed by atoms with van der Waals surface area (Å²) in [7, 11) is 1.49. The van der Waals surface area contributed by atoms with E-state index in [0.717, 1.165) is 5.56 Å². The molecule has 0 saturated carbocycles. The van der Waals surface area contributed by atoms with Gasteiger partial charge in [0.05, 0.1) is 19.0 Å². The van der Waals surface area contributed by atoms with E-state index >= 15 is 0 Å². The highest BCUT2D eigenvalue weighted by molar-refractivity contribution is 6.30. The van der Waals surface area contributed by atoms with Gasteiger partial charge in [-0.25, -0.2) is 0 Å². The zero-order chi connectivity index (χ0) is 15.8. The molecular weight excluding hydrogens is 294 g/mol. The van der Waals surface area contributed by atoms with Crippen molar-refractivity contribution in [1.82, 2.24) is 16.0 Å². The van der Waals surface area contributed by atoms with E-state index in [9.17, 15) is 14.4 Å². The highest BCUT2D eigenvalue weighted by Gasteiger charge is 2.17. The summed E-state index contributed by atoms with van der Waals surface area (Å²) >= 11 is 5.82. The highest BCUT2D eigenvalue weighted by Crippen LogP contribution is 2.19. The summed E-state index contributed by atoms with van der Waals surface area (Å²) in [6.45, 7) is 1.29. The fourth-order valence-corrected chi connectivity index (χ4v) is 1.84. The van der Waals surface area contributed by atoms with Gasteiger partial charge < -0.3 is 16.0 Å². The molecule has 0 bridgehead atoms. The summed E-state index contributed by atoms with van der Waals surface area (Å²) in [5.74, 6) is -0.854. The number of carbonyl (C=O) groups is 3. The van der Waals surface area contributed by atoms with Gasteiger partial charge in [0.15, 0.2) is 0 Å². The quantitative estimate of drug-likeness (QED) is 0.725. The predicted molar refractivity (Wildman–Crippen MR) is 79.7 cm³/mol. The number of likely N-dealkylation sites (N-methyl/N-ethyl adjacent to an activating group) is 1. The lowest BCUT2D eigenvalue weighted by molar-refractivity contribution is -0.126. The van der Waals surface area contributed by atoms with Gasteiger partial charge >= 0.3 is 0 Å². The van der Waals surface area contributed by atoms with Crippen LogP contribution >= 0.6 is 11.6 Å². The Bertz CT molecular complexity index is 517. The van der Waals surface area contributed by atoms with Gasteiger partial charge in [0.1, 0.15) is 0 Å². The molecular formula is C14H18ClN3O3. The molecule has 1 aromatic carbocycles. The van der Waals surface area contributed by atoms with Crippen molar-refractivity contribution in [2.75, 3.05) is 13.6 Å². The molecule has 3 N–H and O–H groups in total. The van der Waals surface area contributed by atoms with Crippen molar-refractivity contribution in [2.45, 2.75) is 19.4 Å². The Morgan fingerprint density at radius 1 is 1.14 bits per heavy atom. The minimum Gasteiger partial charge on any atom is -0.358 e. The first kappa shape index (κ1) is 17.0. The lowest BCUT2D eigenvalue weighted by Gasteiger charge is -2.18. The summed E-state index contributed by atoms with van der Waals surface area (Å²) < 4.78 is 0. The third-order valence-corrected chi connectivity index (χ3v) is 3.02. The zero-order valence-corrected chi connectivity index (χ0v) is 12.7. The number of amides is 3. The van der Waals surface area contributed by atoms with Crippen LogP contribution in [0.25, 0.3) is 0 Å². The molecule has 0 fully saturated rings. The van der Waals surface area contributed by atoms with Crippen molar-refractivity contribution in [3.63, 3.8) is 0 Å². The number of hydrogen-bond donors (Lipinski definition) is 3. The van der Waals surface area contributed by atoms with E-state index in [4.69, 9.17) is 11.6 Å². The maximum atomic E-state index is 11.8. The van der Waals surface area contributed by atoms with E-state index in [0.29, 0.717) is 5.02 Å². The molecule has 0 heterocycles. The summed E-state index contributed by atoms with van der Waals surface area (Å²) in [6.07, 6.45) is 0.0399. The molecule has 0 saturated heterocycles. The van der Waals surface area contributed by atoms with Gasteiger partial charge in [0.2, 0.25) is 17.7 Å². The Morgan fingerprint density at radius 2 is 1.76 bits per heavy atom. The SMILES string of the molecule is CNC(=O)CNC(=O)CC(NC(C)=O)c1ccc(Cl)cc1. The molecule has 0 aliphatic heterocycles. The molecule has 0 aliphatic carbocycles. The molecule has 0 radical (unpaired) electrons. The van der Waals surface area contributed by atoms with Crippen molar-refractivity contribution in [1.29, 1.82) is 0 Å². The van der Waals surface area contributed by atoms with Gasteiger partial charge in [-0.1, -0.05) is 23.7 Å². The number of rotatable bonds is 6. The Hall–Kier alpha value is -2.08. The fraction of sp³-hybridized carbons (Fsp3) is 0.357. The Kier molecular flexibility index (Phi) is 6.68. The van der Waals surface area contributed by atoms with Crippen LogP contribution in [0.2, 0.25) is 5.02 Å². The van der Waals surface area contributed by atoms with Gasteiger partial charge in [-0.3, -0.25) is 14.4 Å². The predicted octanol–water partition coefficient (Wildman–Crippen LogP) is 0.769. The van der Waals surface area contributed by atoms with E-state index in [1.165, 1.54) is 14.0 Å². The van der Waals surface area contributed by atoms with Crippen molar-refractivity contribution in [3.05, 3.63) is 34.9 Å². The maximum absolute atomic E-state index is 11.8. The molecule has 1 atom stereocenters. The van der Waals surface area contributed by atoms with Crippen LogP contribution in [-0.2, 0) is 14.4 Å². The van der Waals surface area contributed by atoms with Crippen LogP contribution < -0.4 is 16.0 Å². The molecule has 0 spiro atoms. The number of benzene rings is 1. The molecule has 21 heavy (non-hydrogen) atoms. The van der Waals surface area contributed by atoms with Gasteiger partial charge in [-0.15, -0.1) is 0 Å². The number of halogens is 1. The molecule has 0 aliphatic rings. The molecule has 6 nitrogen and oxygen atoms in total. The fourth-order valence-electron chi connectivity index (χ4n) is 1.72. The molecule has 1 unspecified atom stereocenters. The molecule has 114 valence electrons. The van der Waals surface area contributed by atoms with Crippen LogP contribution in [0.5, 0.6) is 0 Å². The van der Waals surface area contributed by atoms with E-state index < -0.39 is 6.04 Å². The number of nitrogens with one attached hydrogen (secondary N) is 3. The first-order chi connectivity index (χ1) is 9.92. The van der Waals surface area contributed by atoms with Gasteiger partial charge in [-0.2, -0.15) is 0 Å². The Labute approximate surface area is 128 Å². The van der Waals surface area contributed by atoms with Crippen LogP contribution in [0.3, 0.4) is 0 Å². The number of carbonyl (C=O) groups excluding carboxylic acids is 3. The summed E-state index contributed by atoms with van der Waals surface area (Å²) in [4.78, 5) is 34.2. The first-order valence-electron chi connectivity index (χ1n) is 6.42. The normalized spacial score (nSPS) is 11.4. The molecule has 7 heteroatoms. The van der Waals surface area contributed by atoms with Crippen molar-refractivity contribution in [2.24, 2.45) is 0 Å². The third-order valence-electron chi connectivity index (χ3n) is 2.76. The number of hydrogen-bond acceptors (Lipinski definition) is 3. The van der Waals surface area contributed by atoms with Gasteiger partial charge in [-0.05, 0) is 17.7 Å². The van der Waals surface area contributed by atoms with Gasteiger partial charge in [0.25, 0.3) is 0 Å². The lowest BCUT2D eigenvalue weighted by Crippen LogP contribution is -2.37. The van der Waals surface area contributed by atoms with E-state index in [1.807, 2.05) is 0 Å². The summed E-state index contributed by atoms with van der Waals surface area (Å²) in [5.41, 5.74) is 0.768.